The third-order valence-electron chi connectivity index (χ3n) is 10.1. The van der Waals surface area contributed by atoms with Crippen LogP contribution in [0.5, 0.6) is 0 Å². The lowest BCUT2D eigenvalue weighted by Gasteiger charge is -2.22. The minimum Gasteiger partial charge on any atom is -0.307 e. The molecule has 0 aliphatic carbocycles. The number of para-hydroxylation sites is 1. The first-order chi connectivity index (χ1) is 26.7. The molecule has 1 aromatic heterocycles. The molecule has 8 aromatic rings. The second-order valence-electron chi connectivity index (χ2n) is 13.2. The first-order valence-corrected chi connectivity index (χ1v) is 18.0. The highest BCUT2D eigenvalue weighted by Gasteiger charge is 2.41. The maximum absolute atomic E-state index is 15.2. The van der Waals surface area contributed by atoms with Crippen molar-refractivity contribution in [2.75, 3.05) is 4.90 Å². The summed E-state index contributed by atoms with van der Waals surface area (Å²) in [6.07, 6.45) is 5.79. The zero-order chi connectivity index (χ0) is 36.6. The van der Waals surface area contributed by atoms with Crippen LogP contribution in [0.4, 0.5) is 5.69 Å². The van der Waals surface area contributed by atoms with Crippen molar-refractivity contribution in [1.82, 2.24) is 4.57 Å². The zero-order valence-electron chi connectivity index (χ0n) is 29.4. The highest BCUT2D eigenvalue weighted by molar-refractivity contribution is 6.36. The number of anilines is 1. The number of aromatic nitrogens is 1. The van der Waals surface area contributed by atoms with E-state index in [4.69, 9.17) is 0 Å². The van der Waals surface area contributed by atoms with E-state index in [1.54, 1.807) is 12.1 Å². The normalized spacial score (nSPS) is 12.5. The first kappa shape index (κ1) is 32.6. The summed E-state index contributed by atoms with van der Waals surface area (Å²) in [6, 6.07) is 58.3. The predicted octanol–water partition coefficient (Wildman–Crippen LogP) is 12.3. The van der Waals surface area contributed by atoms with E-state index in [0.717, 1.165) is 61.1 Å². The molecular formula is C50H34N2O2. The van der Waals surface area contributed by atoms with Gasteiger partial charge in [0.15, 0.2) is 0 Å². The van der Waals surface area contributed by atoms with E-state index in [2.05, 4.69) is 71.8 Å². The van der Waals surface area contributed by atoms with Gasteiger partial charge in [0.1, 0.15) is 0 Å². The van der Waals surface area contributed by atoms with Gasteiger partial charge in [-0.05, 0) is 46.0 Å². The van der Waals surface area contributed by atoms with Gasteiger partial charge in [-0.2, -0.15) is 0 Å². The summed E-state index contributed by atoms with van der Waals surface area (Å²) in [7, 11) is 0. The van der Waals surface area contributed by atoms with Crippen molar-refractivity contribution in [1.29, 1.82) is 0 Å². The average molecular weight is 695 g/mol. The fourth-order valence-corrected chi connectivity index (χ4v) is 7.83. The molecule has 0 saturated carbocycles. The van der Waals surface area contributed by atoms with Crippen molar-refractivity contribution in [2.45, 2.75) is 0 Å². The van der Waals surface area contributed by atoms with Gasteiger partial charge >= 0.3 is 0 Å². The number of amides is 2. The molecule has 2 amide bonds. The summed E-state index contributed by atoms with van der Waals surface area (Å²) in [5.41, 5.74) is 11.4. The van der Waals surface area contributed by atoms with Gasteiger partial charge in [0.2, 0.25) is 0 Å². The van der Waals surface area contributed by atoms with Crippen molar-refractivity contribution in [2.24, 2.45) is 0 Å². The molecule has 0 unspecified atom stereocenters. The Kier molecular flexibility index (Phi) is 8.26. The van der Waals surface area contributed by atoms with Crippen LogP contribution in [0.2, 0.25) is 0 Å². The van der Waals surface area contributed by atoms with E-state index in [1.165, 1.54) is 4.90 Å². The standard InChI is InChI=1S/C50H34N2O2/c1-2-3-27-40-41-30-16-29-39(35-21-10-5-11-22-35)48(41)51(47(40)37-25-14-7-15-26-37)44-33-18-31-42-46(44)50(54)52(49(42)53)43-32-17-28-38(34-19-8-4-9-20-34)45(43)36-23-12-6-13-24-36/h2-33H,1H2/b27-3-. The minimum atomic E-state index is -0.366. The molecule has 0 saturated heterocycles. The number of allylic oxidation sites excluding steroid dienone is 2. The van der Waals surface area contributed by atoms with E-state index in [1.807, 2.05) is 121 Å². The molecule has 7 aromatic carbocycles. The lowest BCUT2D eigenvalue weighted by atomic mass is 9.92. The molecule has 0 bridgehead atoms. The number of fused-ring (bicyclic) bond motifs is 2. The fraction of sp³-hybridized carbons (Fsp3) is 0. The SMILES string of the molecule is C=C/C=C\c1c(-c2ccccc2)n(-c2cccc3c2C(=O)N(c2cccc(-c4ccccc4)c2-c2ccccc2)C3=O)c2c(-c3ccccc3)cccc12. The second kappa shape index (κ2) is 13.7. The van der Waals surface area contributed by atoms with Gasteiger partial charge in [-0.25, -0.2) is 4.90 Å². The Morgan fingerprint density at radius 2 is 0.963 bits per heavy atom. The van der Waals surface area contributed by atoms with E-state index in [-0.39, 0.29) is 11.8 Å². The molecule has 256 valence electrons. The Balaban J connectivity index is 1.34. The molecule has 0 N–H and O–H groups in total. The lowest BCUT2D eigenvalue weighted by Crippen LogP contribution is -2.30. The van der Waals surface area contributed by atoms with Gasteiger partial charge in [0, 0.05) is 22.1 Å². The van der Waals surface area contributed by atoms with Crippen LogP contribution in [0, 0.1) is 0 Å². The minimum absolute atomic E-state index is 0.355. The maximum atomic E-state index is 15.2. The van der Waals surface area contributed by atoms with Gasteiger partial charge in [-0.1, -0.05) is 183 Å². The van der Waals surface area contributed by atoms with Crippen LogP contribution in [-0.4, -0.2) is 16.4 Å². The van der Waals surface area contributed by atoms with E-state index in [9.17, 15) is 4.79 Å². The molecule has 1 aliphatic heterocycles. The van der Waals surface area contributed by atoms with E-state index in [0.29, 0.717) is 22.5 Å². The van der Waals surface area contributed by atoms with Crippen molar-refractivity contribution in [3.05, 3.63) is 211 Å². The predicted molar refractivity (Wildman–Crippen MR) is 222 cm³/mol. The Morgan fingerprint density at radius 1 is 0.444 bits per heavy atom. The largest absolute Gasteiger partial charge is 0.307 e. The number of carbonyl (C=O) groups is 2. The zero-order valence-corrected chi connectivity index (χ0v) is 29.4. The monoisotopic (exact) mass is 694 g/mol. The number of rotatable bonds is 8. The fourth-order valence-electron chi connectivity index (χ4n) is 7.83. The van der Waals surface area contributed by atoms with Crippen molar-refractivity contribution in [3.63, 3.8) is 0 Å². The number of nitrogens with zero attached hydrogens (tertiary/aromatic N) is 2. The summed E-state index contributed by atoms with van der Waals surface area (Å²) in [6.45, 7) is 3.96. The van der Waals surface area contributed by atoms with Crippen LogP contribution in [0.1, 0.15) is 26.3 Å². The molecule has 0 fully saturated rings. The molecule has 4 heteroatoms. The molecule has 2 heterocycles. The average Bonchev–Trinajstić information content (AvgIpc) is 3.71. The molecule has 0 atom stereocenters. The van der Waals surface area contributed by atoms with Crippen molar-refractivity contribution >= 4 is 34.5 Å². The molecule has 1 aliphatic rings. The Morgan fingerprint density at radius 3 is 1.59 bits per heavy atom. The number of imide groups is 1. The summed E-state index contributed by atoms with van der Waals surface area (Å²) >= 11 is 0. The van der Waals surface area contributed by atoms with Crippen LogP contribution in [-0.2, 0) is 0 Å². The molecule has 4 nitrogen and oxygen atoms in total. The number of benzene rings is 7. The summed E-state index contributed by atoms with van der Waals surface area (Å²) in [4.78, 5) is 31.3. The summed E-state index contributed by atoms with van der Waals surface area (Å²) < 4.78 is 2.18. The summed E-state index contributed by atoms with van der Waals surface area (Å²) in [5, 5.41) is 1.02. The van der Waals surface area contributed by atoms with Crippen molar-refractivity contribution < 1.29 is 9.59 Å². The van der Waals surface area contributed by atoms with E-state index >= 15 is 4.79 Å². The Bertz CT molecular complexity index is 2750. The van der Waals surface area contributed by atoms with Crippen LogP contribution >= 0.6 is 0 Å². The third kappa shape index (κ3) is 5.32. The van der Waals surface area contributed by atoms with Gasteiger partial charge in [0.05, 0.1) is 33.7 Å². The smallest absolute Gasteiger partial charge is 0.268 e. The maximum Gasteiger partial charge on any atom is 0.268 e. The second-order valence-corrected chi connectivity index (χ2v) is 13.2. The van der Waals surface area contributed by atoms with Gasteiger partial charge in [-0.3, -0.25) is 9.59 Å². The first-order valence-electron chi connectivity index (χ1n) is 18.0. The van der Waals surface area contributed by atoms with Crippen LogP contribution in [0.3, 0.4) is 0 Å². The third-order valence-corrected chi connectivity index (χ3v) is 10.1. The van der Waals surface area contributed by atoms with Crippen LogP contribution in [0.15, 0.2) is 195 Å². The number of hydrogen-bond acceptors (Lipinski definition) is 2. The lowest BCUT2D eigenvalue weighted by molar-refractivity contribution is 0.0926. The Hall–Kier alpha value is -7.30. The Labute approximate surface area is 314 Å². The van der Waals surface area contributed by atoms with Crippen LogP contribution < -0.4 is 4.90 Å². The summed E-state index contributed by atoms with van der Waals surface area (Å²) in [5.74, 6) is -0.721. The van der Waals surface area contributed by atoms with Gasteiger partial charge in [0.25, 0.3) is 11.8 Å². The number of hydrogen-bond donors (Lipinski definition) is 0. The molecule has 9 rings (SSSR count). The van der Waals surface area contributed by atoms with Gasteiger partial charge < -0.3 is 4.57 Å². The van der Waals surface area contributed by atoms with Crippen LogP contribution in [0.25, 0.3) is 67.3 Å². The molecule has 54 heavy (non-hydrogen) atoms. The highest BCUT2D eigenvalue weighted by atomic mass is 16.2. The number of carbonyl (C=O) groups excluding carboxylic acids is 2. The quantitative estimate of drug-likeness (QED) is 0.117. The molecular weight excluding hydrogens is 661 g/mol. The van der Waals surface area contributed by atoms with Gasteiger partial charge in [-0.15, -0.1) is 0 Å². The van der Waals surface area contributed by atoms with E-state index < -0.39 is 0 Å². The highest BCUT2D eigenvalue weighted by Crippen LogP contribution is 2.46. The molecule has 0 spiro atoms. The molecule has 0 radical (unpaired) electrons. The van der Waals surface area contributed by atoms with Crippen molar-refractivity contribution in [3.8, 4) is 50.3 Å². The topological polar surface area (TPSA) is 42.3 Å².